The molecule has 1 saturated carbocycles. The van der Waals surface area contributed by atoms with Gasteiger partial charge in [0.15, 0.2) is 9.84 Å². The first kappa shape index (κ1) is 14.0. The molecule has 1 rings (SSSR count). The summed E-state index contributed by atoms with van der Waals surface area (Å²) in [6.07, 6.45) is 5.22. The largest absolute Gasteiger partial charge is 0.313 e. The van der Waals surface area contributed by atoms with E-state index >= 15 is 0 Å². The lowest BCUT2D eigenvalue weighted by atomic mass is 10.2. The zero-order valence-electron chi connectivity index (χ0n) is 10.5. The Morgan fingerprint density at radius 3 is 2.44 bits per heavy atom. The molecule has 0 radical (unpaired) electrons. The van der Waals surface area contributed by atoms with Crippen LogP contribution < -0.4 is 5.32 Å². The van der Waals surface area contributed by atoms with Crippen LogP contribution in [0.3, 0.4) is 0 Å². The Balaban J connectivity index is 2.40. The van der Waals surface area contributed by atoms with Gasteiger partial charge in [-0.2, -0.15) is 0 Å². The third-order valence-corrected chi connectivity index (χ3v) is 4.87. The van der Waals surface area contributed by atoms with Crippen LogP contribution in [0.4, 0.5) is 0 Å². The Bertz CT molecular complexity index is 283. The van der Waals surface area contributed by atoms with Crippen molar-refractivity contribution in [2.45, 2.75) is 52.0 Å². The van der Waals surface area contributed by atoms with Crippen molar-refractivity contribution in [3.05, 3.63) is 0 Å². The van der Waals surface area contributed by atoms with Crippen molar-refractivity contribution in [3.8, 4) is 0 Å². The molecule has 0 aliphatic heterocycles. The zero-order valence-corrected chi connectivity index (χ0v) is 11.4. The van der Waals surface area contributed by atoms with E-state index in [9.17, 15) is 8.42 Å². The van der Waals surface area contributed by atoms with Gasteiger partial charge in [0, 0.05) is 6.04 Å². The lowest BCUT2D eigenvalue weighted by Crippen LogP contribution is -2.38. The number of sulfone groups is 1. The molecule has 1 N–H and O–H groups in total. The maximum Gasteiger partial charge on any atom is 0.151 e. The Hall–Kier alpha value is -0.0900. The minimum Gasteiger partial charge on any atom is -0.313 e. The first-order valence-electron chi connectivity index (χ1n) is 6.53. The van der Waals surface area contributed by atoms with Gasteiger partial charge in [-0.1, -0.05) is 20.3 Å². The summed E-state index contributed by atoms with van der Waals surface area (Å²) in [5.74, 6) is 1.32. The van der Waals surface area contributed by atoms with Gasteiger partial charge in [-0.15, -0.1) is 0 Å². The van der Waals surface area contributed by atoms with Crippen LogP contribution in [0.15, 0.2) is 0 Å². The molecule has 0 aromatic carbocycles. The van der Waals surface area contributed by atoms with Crippen molar-refractivity contribution in [1.82, 2.24) is 5.32 Å². The summed E-state index contributed by atoms with van der Waals surface area (Å²) in [4.78, 5) is 0. The predicted octanol–water partition coefficient (Wildman–Crippen LogP) is 1.98. The van der Waals surface area contributed by atoms with Crippen molar-refractivity contribution in [3.63, 3.8) is 0 Å². The fourth-order valence-corrected chi connectivity index (χ4v) is 3.74. The van der Waals surface area contributed by atoms with Gasteiger partial charge in [-0.3, -0.25) is 0 Å². The molecular weight excluding hydrogens is 222 g/mol. The molecule has 1 unspecified atom stereocenters. The molecule has 0 saturated heterocycles. The van der Waals surface area contributed by atoms with E-state index in [2.05, 4.69) is 12.2 Å². The van der Waals surface area contributed by atoms with Gasteiger partial charge < -0.3 is 5.32 Å². The Kier molecular flexibility index (Phi) is 5.76. The van der Waals surface area contributed by atoms with E-state index in [0.717, 1.165) is 25.8 Å². The molecule has 16 heavy (non-hydrogen) atoms. The maximum absolute atomic E-state index is 11.9. The third-order valence-electron chi connectivity index (χ3n) is 3.09. The second-order valence-electron chi connectivity index (χ2n) is 4.87. The third kappa shape index (κ3) is 5.30. The molecule has 0 amide bonds. The zero-order chi connectivity index (χ0) is 12.0. The number of nitrogens with one attached hydrogen (secondary N) is 1. The van der Waals surface area contributed by atoms with Gasteiger partial charge in [0.2, 0.25) is 0 Å². The van der Waals surface area contributed by atoms with Crippen molar-refractivity contribution >= 4 is 9.84 Å². The standard InChI is InChI=1S/C12H25NO2S/c1-3-5-9-16(14,15)10-12(11-6-7-11)13-8-4-2/h11-13H,3-10H2,1-2H3. The highest BCUT2D eigenvalue weighted by atomic mass is 32.2. The van der Waals surface area contributed by atoms with Crippen molar-refractivity contribution < 1.29 is 8.42 Å². The molecule has 96 valence electrons. The molecule has 0 spiro atoms. The van der Waals surface area contributed by atoms with Gasteiger partial charge >= 0.3 is 0 Å². The monoisotopic (exact) mass is 247 g/mol. The summed E-state index contributed by atoms with van der Waals surface area (Å²) in [5, 5.41) is 3.38. The highest BCUT2D eigenvalue weighted by Gasteiger charge is 2.33. The summed E-state index contributed by atoms with van der Waals surface area (Å²) >= 11 is 0. The number of unbranched alkanes of at least 4 members (excludes halogenated alkanes) is 1. The first-order valence-corrected chi connectivity index (χ1v) is 8.35. The molecule has 0 aromatic rings. The molecule has 1 aliphatic carbocycles. The molecule has 1 atom stereocenters. The number of hydrogen-bond donors (Lipinski definition) is 1. The van der Waals surface area contributed by atoms with Gasteiger partial charge in [0.05, 0.1) is 11.5 Å². The van der Waals surface area contributed by atoms with E-state index in [1.54, 1.807) is 0 Å². The summed E-state index contributed by atoms with van der Waals surface area (Å²) in [6.45, 7) is 5.08. The molecule has 3 nitrogen and oxygen atoms in total. The molecular formula is C12H25NO2S. The van der Waals surface area contributed by atoms with Gasteiger partial charge in [0.1, 0.15) is 0 Å². The van der Waals surface area contributed by atoms with Crippen LogP contribution in [-0.2, 0) is 9.84 Å². The fourth-order valence-electron chi connectivity index (χ4n) is 1.91. The van der Waals surface area contributed by atoms with E-state index in [-0.39, 0.29) is 6.04 Å². The van der Waals surface area contributed by atoms with Gasteiger partial charge in [-0.05, 0) is 38.1 Å². The molecule has 0 aromatic heterocycles. The van der Waals surface area contributed by atoms with Gasteiger partial charge in [0.25, 0.3) is 0 Å². The fraction of sp³-hybridized carbons (Fsp3) is 1.00. The second kappa shape index (κ2) is 6.60. The number of rotatable bonds is 9. The highest BCUT2D eigenvalue weighted by molar-refractivity contribution is 7.91. The minimum atomic E-state index is -2.84. The molecule has 4 heteroatoms. The Morgan fingerprint density at radius 1 is 1.25 bits per heavy atom. The van der Waals surface area contributed by atoms with E-state index in [0.29, 0.717) is 17.4 Å². The average molecular weight is 247 g/mol. The van der Waals surface area contributed by atoms with Gasteiger partial charge in [-0.25, -0.2) is 8.42 Å². The SMILES string of the molecule is CCCCS(=O)(=O)CC(NCCC)C1CC1. The smallest absolute Gasteiger partial charge is 0.151 e. The van der Waals surface area contributed by atoms with Crippen LogP contribution in [0.1, 0.15) is 46.0 Å². The lowest BCUT2D eigenvalue weighted by Gasteiger charge is -2.17. The van der Waals surface area contributed by atoms with Crippen molar-refractivity contribution in [2.24, 2.45) is 5.92 Å². The van der Waals surface area contributed by atoms with E-state index in [1.165, 1.54) is 12.8 Å². The lowest BCUT2D eigenvalue weighted by molar-refractivity contribution is 0.488. The molecule has 1 aliphatic rings. The minimum absolute atomic E-state index is 0.210. The first-order chi connectivity index (χ1) is 7.59. The molecule has 1 fully saturated rings. The van der Waals surface area contributed by atoms with Crippen LogP contribution in [0.5, 0.6) is 0 Å². The average Bonchev–Trinajstić information content (AvgIpc) is 3.05. The topological polar surface area (TPSA) is 46.2 Å². The molecule has 0 bridgehead atoms. The summed E-state index contributed by atoms with van der Waals surface area (Å²) in [6, 6.07) is 0.210. The summed E-state index contributed by atoms with van der Waals surface area (Å²) in [7, 11) is -2.84. The van der Waals surface area contributed by atoms with Crippen LogP contribution in [0.2, 0.25) is 0 Å². The highest BCUT2D eigenvalue weighted by Crippen LogP contribution is 2.33. The Labute approximate surface area is 99.9 Å². The van der Waals surface area contributed by atoms with E-state index in [1.807, 2.05) is 6.92 Å². The van der Waals surface area contributed by atoms with Crippen LogP contribution in [0, 0.1) is 5.92 Å². The van der Waals surface area contributed by atoms with Crippen molar-refractivity contribution in [1.29, 1.82) is 0 Å². The Morgan fingerprint density at radius 2 is 1.94 bits per heavy atom. The van der Waals surface area contributed by atoms with E-state index < -0.39 is 9.84 Å². The second-order valence-corrected chi connectivity index (χ2v) is 7.09. The number of hydrogen-bond acceptors (Lipinski definition) is 3. The summed E-state index contributed by atoms with van der Waals surface area (Å²) < 4.78 is 23.7. The summed E-state index contributed by atoms with van der Waals surface area (Å²) in [5.41, 5.74) is 0. The predicted molar refractivity (Wildman–Crippen MR) is 68.4 cm³/mol. The van der Waals surface area contributed by atoms with Crippen molar-refractivity contribution in [2.75, 3.05) is 18.1 Å². The molecule has 0 heterocycles. The quantitative estimate of drug-likeness (QED) is 0.677. The van der Waals surface area contributed by atoms with Crippen LogP contribution in [-0.4, -0.2) is 32.5 Å². The van der Waals surface area contributed by atoms with Crippen LogP contribution in [0.25, 0.3) is 0 Å². The van der Waals surface area contributed by atoms with E-state index in [4.69, 9.17) is 0 Å². The normalized spacial score (nSPS) is 18.6. The van der Waals surface area contributed by atoms with Crippen LogP contribution >= 0.6 is 0 Å². The maximum atomic E-state index is 11.9.